The van der Waals surface area contributed by atoms with Gasteiger partial charge >= 0.3 is 0 Å². The maximum atomic E-state index is 5.48. The van der Waals surface area contributed by atoms with Crippen LogP contribution in [0.1, 0.15) is 23.4 Å². The highest BCUT2D eigenvalue weighted by Gasteiger charge is 2.12. The summed E-state index contributed by atoms with van der Waals surface area (Å²) >= 11 is 7.28. The van der Waals surface area contributed by atoms with Gasteiger partial charge in [-0.1, -0.05) is 12.1 Å². The molecule has 1 N–H and O–H groups in total. The van der Waals surface area contributed by atoms with Crippen LogP contribution in [-0.4, -0.2) is 9.55 Å². The van der Waals surface area contributed by atoms with Crippen molar-refractivity contribution in [3.8, 4) is 0 Å². The van der Waals surface area contributed by atoms with Gasteiger partial charge in [0.2, 0.25) is 0 Å². The van der Waals surface area contributed by atoms with E-state index >= 15 is 0 Å². The monoisotopic (exact) mass is 288 g/mol. The van der Waals surface area contributed by atoms with Gasteiger partial charge in [-0.15, -0.1) is 11.3 Å². The smallest absolute Gasteiger partial charge is 0.178 e. The van der Waals surface area contributed by atoms with Crippen molar-refractivity contribution in [2.45, 2.75) is 26.3 Å². The van der Waals surface area contributed by atoms with E-state index in [9.17, 15) is 0 Å². The molecule has 0 aliphatic carbocycles. The Morgan fingerprint density at radius 2 is 2.21 bits per heavy atom. The van der Waals surface area contributed by atoms with Gasteiger partial charge in [0, 0.05) is 17.3 Å². The molecule has 2 nitrogen and oxygen atoms in total. The number of thiophene rings is 1. The lowest BCUT2D eigenvalue weighted by molar-refractivity contribution is 0.557. The van der Waals surface area contributed by atoms with Crippen LogP contribution in [0.3, 0.4) is 0 Å². The number of aromatic amines is 1. The molecule has 3 rings (SSSR count). The highest BCUT2D eigenvalue weighted by Crippen LogP contribution is 2.24. The Morgan fingerprint density at radius 3 is 2.95 bits per heavy atom. The summed E-state index contributed by atoms with van der Waals surface area (Å²) in [6.45, 7) is 4.32. The third-order valence-corrected chi connectivity index (χ3v) is 4.59. The van der Waals surface area contributed by atoms with Crippen LogP contribution >= 0.6 is 23.6 Å². The van der Waals surface area contributed by atoms with Crippen molar-refractivity contribution in [2.75, 3.05) is 0 Å². The number of nitrogens with zero attached hydrogens (tertiary/aromatic N) is 1. The summed E-state index contributed by atoms with van der Waals surface area (Å²) in [5, 5.41) is 2.12. The molecule has 0 saturated carbocycles. The first-order valence-electron chi connectivity index (χ1n) is 6.38. The summed E-state index contributed by atoms with van der Waals surface area (Å²) in [6, 6.07) is 11.1. The Bertz CT molecular complexity index is 750. The Labute approximate surface area is 121 Å². The molecule has 0 saturated heterocycles. The molecule has 1 unspecified atom stereocenters. The highest BCUT2D eigenvalue weighted by molar-refractivity contribution is 7.71. The molecule has 0 amide bonds. The lowest BCUT2D eigenvalue weighted by atomic mass is 10.2. The zero-order valence-electron chi connectivity index (χ0n) is 11.0. The third-order valence-electron chi connectivity index (χ3n) is 3.39. The summed E-state index contributed by atoms with van der Waals surface area (Å²) in [6.07, 6.45) is 1.02. The Morgan fingerprint density at radius 1 is 1.37 bits per heavy atom. The van der Waals surface area contributed by atoms with Crippen LogP contribution in [0, 0.1) is 11.7 Å². The predicted octanol–water partition coefficient (Wildman–Crippen LogP) is 4.87. The Kier molecular flexibility index (Phi) is 3.29. The minimum atomic E-state index is 0.364. The number of fused-ring (bicyclic) bond motifs is 1. The fourth-order valence-corrected chi connectivity index (χ4v) is 3.71. The van der Waals surface area contributed by atoms with E-state index in [1.54, 1.807) is 11.3 Å². The third kappa shape index (κ3) is 2.38. The van der Waals surface area contributed by atoms with Gasteiger partial charge in [-0.3, -0.25) is 0 Å². The molecule has 1 atom stereocenters. The summed E-state index contributed by atoms with van der Waals surface area (Å²) in [7, 11) is 0. The summed E-state index contributed by atoms with van der Waals surface area (Å²) in [5.41, 5.74) is 3.57. The van der Waals surface area contributed by atoms with Crippen LogP contribution < -0.4 is 0 Å². The normalized spacial score (nSPS) is 12.9. The van der Waals surface area contributed by atoms with E-state index in [-0.39, 0.29) is 0 Å². The standard InChI is InChI=1S/C15H16N2S2/c1-10-5-6-14-13(8-10)16-15(18)17(14)11(2)9-12-4-3-7-19-12/h3-8,11H,9H2,1-2H3,(H,16,18). The number of aryl methyl sites for hydroxylation is 1. The fraction of sp³-hybridized carbons (Fsp3) is 0.267. The largest absolute Gasteiger partial charge is 0.331 e. The molecule has 3 aromatic rings. The molecule has 0 spiro atoms. The summed E-state index contributed by atoms with van der Waals surface area (Å²) < 4.78 is 3.04. The number of benzene rings is 1. The van der Waals surface area contributed by atoms with Gasteiger partial charge in [-0.2, -0.15) is 0 Å². The number of H-pyrrole nitrogens is 1. The lowest BCUT2D eigenvalue weighted by Crippen LogP contribution is -2.07. The number of hydrogen-bond acceptors (Lipinski definition) is 2. The summed E-state index contributed by atoms with van der Waals surface area (Å²) in [4.78, 5) is 4.71. The summed E-state index contributed by atoms with van der Waals surface area (Å²) in [5.74, 6) is 0. The average Bonchev–Trinajstić information content (AvgIpc) is 2.95. The molecule has 2 aromatic heterocycles. The van der Waals surface area contributed by atoms with Crippen LogP contribution in [-0.2, 0) is 6.42 Å². The first-order chi connectivity index (χ1) is 9.15. The van der Waals surface area contributed by atoms with E-state index in [1.165, 1.54) is 16.0 Å². The lowest BCUT2D eigenvalue weighted by Gasteiger charge is -2.13. The van der Waals surface area contributed by atoms with Gasteiger partial charge in [0.05, 0.1) is 11.0 Å². The van der Waals surface area contributed by atoms with E-state index < -0.39 is 0 Å². The minimum Gasteiger partial charge on any atom is -0.331 e. The Balaban J connectivity index is 2.04. The molecule has 0 radical (unpaired) electrons. The highest BCUT2D eigenvalue weighted by atomic mass is 32.1. The molecule has 0 bridgehead atoms. The maximum Gasteiger partial charge on any atom is 0.178 e. The van der Waals surface area contributed by atoms with Crippen LogP contribution in [0.4, 0.5) is 0 Å². The van der Waals surface area contributed by atoms with Gasteiger partial charge in [0.1, 0.15) is 0 Å². The first-order valence-corrected chi connectivity index (χ1v) is 7.67. The van der Waals surface area contributed by atoms with Crippen molar-refractivity contribution in [3.63, 3.8) is 0 Å². The van der Waals surface area contributed by atoms with E-state index in [0.717, 1.165) is 16.7 Å². The van der Waals surface area contributed by atoms with Crippen molar-refractivity contribution in [2.24, 2.45) is 0 Å². The molecule has 1 aromatic carbocycles. The SMILES string of the molecule is Cc1ccc2c(c1)[nH]c(=S)n2C(C)Cc1cccs1. The number of imidazole rings is 1. The number of nitrogens with one attached hydrogen (secondary N) is 1. The molecule has 19 heavy (non-hydrogen) atoms. The molecular formula is C15H16N2S2. The van der Waals surface area contributed by atoms with Crippen molar-refractivity contribution in [1.82, 2.24) is 9.55 Å². The molecular weight excluding hydrogens is 272 g/mol. The zero-order chi connectivity index (χ0) is 13.4. The van der Waals surface area contributed by atoms with Crippen LogP contribution in [0.2, 0.25) is 0 Å². The van der Waals surface area contributed by atoms with E-state index in [4.69, 9.17) is 12.2 Å². The van der Waals surface area contributed by atoms with E-state index in [1.807, 2.05) is 0 Å². The van der Waals surface area contributed by atoms with Crippen LogP contribution in [0.5, 0.6) is 0 Å². The van der Waals surface area contributed by atoms with Crippen molar-refractivity contribution in [3.05, 3.63) is 50.9 Å². The molecule has 98 valence electrons. The number of aromatic nitrogens is 2. The van der Waals surface area contributed by atoms with Crippen molar-refractivity contribution >= 4 is 34.6 Å². The van der Waals surface area contributed by atoms with E-state index in [0.29, 0.717) is 6.04 Å². The zero-order valence-corrected chi connectivity index (χ0v) is 12.6. The maximum absolute atomic E-state index is 5.48. The number of rotatable bonds is 3. The topological polar surface area (TPSA) is 20.7 Å². The van der Waals surface area contributed by atoms with E-state index in [2.05, 4.69) is 59.1 Å². The van der Waals surface area contributed by atoms with Gasteiger partial charge in [-0.05, 0) is 55.2 Å². The van der Waals surface area contributed by atoms with Gasteiger partial charge < -0.3 is 9.55 Å². The fourth-order valence-electron chi connectivity index (χ4n) is 2.49. The second-order valence-electron chi connectivity index (χ2n) is 4.95. The van der Waals surface area contributed by atoms with Gasteiger partial charge in [0.15, 0.2) is 4.77 Å². The van der Waals surface area contributed by atoms with Crippen molar-refractivity contribution < 1.29 is 0 Å². The second kappa shape index (κ2) is 4.94. The second-order valence-corrected chi connectivity index (χ2v) is 6.37. The molecule has 0 fully saturated rings. The quantitative estimate of drug-likeness (QED) is 0.682. The average molecular weight is 288 g/mol. The molecule has 2 heterocycles. The first kappa shape index (κ1) is 12.6. The minimum absolute atomic E-state index is 0.364. The van der Waals surface area contributed by atoms with Crippen LogP contribution in [0.15, 0.2) is 35.7 Å². The van der Waals surface area contributed by atoms with Gasteiger partial charge in [-0.25, -0.2) is 0 Å². The molecule has 0 aliphatic rings. The molecule has 0 aliphatic heterocycles. The Hall–Kier alpha value is -1.39. The van der Waals surface area contributed by atoms with Gasteiger partial charge in [0.25, 0.3) is 0 Å². The van der Waals surface area contributed by atoms with Crippen LogP contribution in [0.25, 0.3) is 11.0 Å². The predicted molar refractivity (Wildman–Crippen MR) is 84.6 cm³/mol. The number of hydrogen-bond donors (Lipinski definition) is 1. The molecule has 4 heteroatoms. The van der Waals surface area contributed by atoms with Crippen molar-refractivity contribution in [1.29, 1.82) is 0 Å².